The largest absolute Gasteiger partial charge is 0.453 e. The Morgan fingerprint density at radius 2 is 1.64 bits per heavy atom. The fourth-order valence-corrected chi connectivity index (χ4v) is 7.96. The van der Waals surface area contributed by atoms with Gasteiger partial charge in [-0.2, -0.15) is 0 Å². The van der Waals surface area contributed by atoms with Gasteiger partial charge in [0.1, 0.15) is 17.7 Å². The standard InChI is InChI=1S/C43H52N8O4/c1-25(2)36(44)41(52)50-22-10-14-35(50)40-46-32-12-7-6-11-30-23-29(19-20-31(30)38(32)48-40)27-15-17-28(18-16-27)33-24-45-39(47-33)34-13-8-9-21-51(34)42(53)37(26(3)4)49-43(54)55-5/h15-20,23-26,34-37H,6-7,9-12,14,21-22,44H2,1-5H3,(H,45,47)(H,46,48)(H,49,54)/t34-,35-,36-,37-/m0/s1. The number of aromatic nitrogens is 4. The van der Waals surface area contributed by atoms with Crippen LogP contribution in [0, 0.1) is 23.7 Å². The summed E-state index contributed by atoms with van der Waals surface area (Å²) in [5.74, 6) is 7.48. The molecule has 1 aliphatic carbocycles. The summed E-state index contributed by atoms with van der Waals surface area (Å²) in [7, 11) is 1.28. The zero-order valence-electron chi connectivity index (χ0n) is 32.4. The Labute approximate surface area is 323 Å². The number of nitrogens with two attached hydrogens (primary N) is 1. The van der Waals surface area contributed by atoms with Gasteiger partial charge in [-0.05, 0) is 72.6 Å². The number of aromatic amines is 2. The molecule has 0 saturated carbocycles. The number of carbonyl (C=O) groups is 3. The number of nitrogens with zero attached hydrogens (tertiary/aromatic N) is 4. The van der Waals surface area contributed by atoms with Gasteiger partial charge < -0.3 is 35.6 Å². The fraction of sp³-hybridized carbons (Fsp3) is 0.465. The highest BCUT2D eigenvalue weighted by Crippen LogP contribution is 2.38. The number of H-pyrrole nitrogens is 2. The minimum atomic E-state index is -0.748. The van der Waals surface area contributed by atoms with Crippen LogP contribution in [0.2, 0.25) is 0 Å². The number of amides is 3. The van der Waals surface area contributed by atoms with Crippen LogP contribution in [-0.2, 0) is 27.2 Å². The van der Waals surface area contributed by atoms with E-state index in [2.05, 4.69) is 74.6 Å². The van der Waals surface area contributed by atoms with Crippen LogP contribution < -0.4 is 11.1 Å². The number of carbonyl (C=O) groups excluding carboxylic acids is 3. The first-order valence-corrected chi connectivity index (χ1v) is 19.6. The molecule has 12 nitrogen and oxygen atoms in total. The summed E-state index contributed by atoms with van der Waals surface area (Å²) in [5, 5.41) is 2.68. The van der Waals surface area contributed by atoms with E-state index in [9.17, 15) is 14.4 Å². The molecule has 4 aromatic rings. The van der Waals surface area contributed by atoms with Crippen LogP contribution in [0.25, 0.3) is 33.6 Å². The van der Waals surface area contributed by atoms with Crippen LogP contribution in [0.3, 0.4) is 0 Å². The number of hydrogen-bond donors (Lipinski definition) is 4. The Bertz CT molecular complexity index is 2110. The third-order valence-corrected chi connectivity index (χ3v) is 11.2. The van der Waals surface area contributed by atoms with Gasteiger partial charge in [0.05, 0.1) is 36.8 Å². The predicted molar refractivity (Wildman–Crippen MR) is 211 cm³/mol. The SMILES string of the molecule is COC(=O)N[C@H](C(=O)N1CCC#C[C@H]1c1ncc(-c2ccc(-c3ccc4c(c3)CCCCc3[nH]c([C@@H]5CCCN5C(=O)[C@@H](N)C(C)C)nc3-4)cc2)[nH]1)C(C)C. The van der Waals surface area contributed by atoms with E-state index >= 15 is 0 Å². The van der Waals surface area contributed by atoms with Gasteiger partial charge in [-0.15, -0.1) is 0 Å². The van der Waals surface area contributed by atoms with Crippen molar-refractivity contribution in [3.05, 3.63) is 71.6 Å². The molecule has 0 radical (unpaired) electrons. The number of imidazole rings is 2. The molecule has 2 aromatic heterocycles. The summed E-state index contributed by atoms with van der Waals surface area (Å²) < 4.78 is 4.77. The number of ether oxygens (including phenoxy) is 1. The van der Waals surface area contributed by atoms with Gasteiger partial charge in [-0.3, -0.25) is 9.59 Å². The van der Waals surface area contributed by atoms with Crippen molar-refractivity contribution in [2.75, 3.05) is 20.2 Å². The van der Waals surface area contributed by atoms with Gasteiger partial charge in [-0.1, -0.05) is 82.0 Å². The Balaban J connectivity index is 1.09. The average molecular weight is 745 g/mol. The van der Waals surface area contributed by atoms with Crippen LogP contribution in [0.15, 0.2) is 48.7 Å². The van der Waals surface area contributed by atoms with E-state index in [1.165, 1.54) is 12.7 Å². The summed E-state index contributed by atoms with van der Waals surface area (Å²) >= 11 is 0. The van der Waals surface area contributed by atoms with Crippen LogP contribution in [0.5, 0.6) is 0 Å². The molecule has 4 atom stereocenters. The second-order valence-electron chi connectivity index (χ2n) is 15.6. The first-order chi connectivity index (χ1) is 26.5. The van der Waals surface area contributed by atoms with Gasteiger partial charge in [0, 0.05) is 30.8 Å². The third kappa shape index (κ3) is 7.76. The molecule has 0 bridgehead atoms. The maximum Gasteiger partial charge on any atom is 0.407 e. The molecule has 0 spiro atoms. The maximum atomic E-state index is 13.7. The Morgan fingerprint density at radius 1 is 0.891 bits per heavy atom. The van der Waals surface area contributed by atoms with Crippen molar-refractivity contribution in [2.45, 2.75) is 96.8 Å². The van der Waals surface area contributed by atoms with Crippen LogP contribution in [0.1, 0.15) is 94.8 Å². The summed E-state index contributed by atoms with van der Waals surface area (Å²) in [6.45, 7) is 8.90. The monoisotopic (exact) mass is 744 g/mol. The number of nitrogens with one attached hydrogen (secondary N) is 3. The molecule has 288 valence electrons. The maximum absolute atomic E-state index is 13.7. The van der Waals surface area contributed by atoms with Crippen molar-refractivity contribution in [3.63, 3.8) is 0 Å². The molecule has 2 aromatic carbocycles. The van der Waals surface area contributed by atoms with Crippen LogP contribution in [-0.4, -0.2) is 79.9 Å². The molecule has 7 rings (SSSR count). The summed E-state index contributed by atoms with van der Waals surface area (Å²) in [6, 6.07) is 13.1. The Hall–Kier alpha value is -5.41. The molecule has 12 heteroatoms. The summed E-state index contributed by atoms with van der Waals surface area (Å²) in [6.07, 6.45) is 7.54. The van der Waals surface area contributed by atoms with Gasteiger partial charge in [0.2, 0.25) is 11.8 Å². The van der Waals surface area contributed by atoms with E-state index < -0.39 is 24.2 Å². The molecular formula is C43H52N8O4. The number of benzene rings is 2. The number of likely N-dealkylation sites (tertiary alicyclic amines) is 1. The lowest BCUT2D eigenvalue weighted by molar-refractivity contribution is -0.136. The molecule has 4 heterocycles. The number of aryl methyl sites for hydroxylation is 2. The average Bonchev–Trinajstić information content (AvgIpc) is 3.97. The highest BCUT2D eigenvalue weighted by atomic mass is 16.5. The Kier molecular flexibility index (Phi) is 11.1. The molecular weight excluding hydrogens is 693 g/mol. The van der Waals surface area contributed by atoms with E-state index in [1.54, 1.807) is 11.1 Å². The second kappa shape index (κ2) is 16.1. The van der Waals surface area contributed by atoms with E-state index in [4.69, 9.17) is 15.5 Å². The quantitative estimate of drug-likeness (QED) is 0.146. The minimum absolute atomic E-state index is 0.00801. The van der Waals surface area contributed by atoms with E-state index in [1.807, 2.05) is 32.6 Å². The molecule has 1 fully saturated rings. The van der Waals surface area contributed by atoms with Crippen molar-refractivity contribution >= 4 is 17.9 Å². The first kappa shape index (κ1) is 37.9. The molecule has 1 saturated heterocycles. The topological polar surface area (TPSA) is 162 Å². The van der Waals surface area contributed by atoms with E-state index in [0.29, 0.717) is 25.3 Å². The van der Waals surface area contributed by atoms with Gasteiger partial charge in [-0.25, -0.2) is 14.8 Å². The second-order valence-corrected chi connectivity index (χ2v) is 15.6. The number of methoxy groups -OCH3 is 1. The van der Waals surface area contributed by atoms with Crippen LogP contribution in [0.4, 0.5) is 4.79 Å². The first-order valence-electron chi connectivity index (χ1n) is 19.6. The van der Waals surface area contributed by atoms with E-state index in [-0.39, 0.29) is 29.7 Å². The zero-order valence-corrected chi connectivity index (χ0v) is 32.4. The normalized spacial score (nSPS) is 19.1. The number of hydrogen-bond acceptors (Lipinski definition) is 7. The molecule has 0 unspecified atom stereocenters. The lowest BCUT2D eigenvalue weighted by atomic mass is 9.90. The predicted octanol–water partition coefficient (Wildman–Crippen LogP) is 6.32. The van der Waals surface area contributed by atoms with Crippen molar-refractivity contribution in [1.82, 2.24) is 35.1 Å². The van der Waals surface area contributed by atoms with Gasteiger partial charge in [0.15, 0.2) is 6.04 Å². The lowest BCUT2D eigenvalue weighted by Crippen LogP contribution is -2.52. The lowest BCUT2D eigenvalue weighted by Gasteiger charge is -2.33. The third-order valence-electron chi connectivity index (χ3n) is 11.2. The minimum Gasteiger partial charge on any atom is -0.453 e. The molecule has 55 heavy (non-hydrogen) atoms. The van der Waals surface area contributed by atoms with Gasteiger partial charge in [0.25, 0.3) is 0 Å². The van der Waals surface area contributed by atoms with Crippen molar-refractivity contribution < 1.29 is 19.1 Å². The fourth-order valence-electron chi connectivity index (χ4n) is 7.96. The van der Waals surface area contributed by atoms with Gasteiger partial charge >= 0.3 is 6.09 Å². The Morgan fingerprint density at radius 3 is 2.38 bits per heavy atom. The number of rotatable bonds is 9. The highest BCUT2D eigenvalue weighted by molar-refractivity contribution is 5.87. The van der Waals surface area contributed by atoms with E-state index in [0.717, 1.165) is 83.7 Å². The highest BCUT2D eigenvalue weighted by Gasteiger charge is 2.37. The number of fused-ring (bicyclic) bond motifs is 3. The zero-order chi connectivity index (χ0) is 38.8. The van der Waals surface area contributed by atoms with Crippen LogP contribution >= 0.6 is 0 Å². The smallest absolute Gasteiger partial charge is 0.407 e. The van der Waals surface area contributed by atoms with Crippen molar-refractivity contribution in [1.29, 1.82) is 0 Å². The van der Waals surface area contributed by atoms with Crippen molar-refractivity contribution in [2.24, 2.45) is 17.6 Å². The molecule has 2 aliphatic heterocycles. The number of alkyl carbamates (subject to hydrolysis) is 1. The molecule has 3 aliphatic rings. The van der Waals surface area contributed by atoms with Crippen molar-refractivity contribution in [3.8, 4) is 45.5 Å². The molecule has 5 N–H and O–H groups in total. The summed E-state index contributed by atoms with van der Waals surface area (Å²) in [4.78, 5) is 59.5. The molecule has 3 amide bonds. The summed E-state index contributed by atoms with van der Waals surface area (Å²) in [5.41, 5.74) is 14.9.